The molecule has 1 heteroatoms. The first kappa shape index (κ1) is 15.4. The molecule has 0 N–H and O–H groups in total. The van der Waals surface area contributed by atoms with Crippen molar-refractivity contribution in [2.75, 3.05) is 0 Å². The van der Waals surface area contributed by atoms with Crippen molar-refractivity contribution in [2.45, 2.75) is 52.4 Å². The second kappa shape index (κ2) is 6.63. The van der Waals surface area contributed by atoms with E-state index in [4.69, 9.17) is 11.6 Å². The Bertz CT molecular complexity index is 517. The SMILES string of the molecule is C=C/C(=C\C)c1cc(Cl)c(C)c(C2CCC(C)CC2)c1. The fourth-order valence-electron chi connectivity index (χ4n) is 3.26. The number of halogens is 1. The van der Waals surface area contributed by atoms with Crippen LogP contribution in [0.15, 0.2) is 30.9 Å². The van der Waals surface area contributed by atoms with Crippen LogP contribution in [0, 0.1) is 12.8 Å². The molecule has 2 rings (SSSR count). The monoisotopic (exact) mass is 288 g/mol. The first-order valence-electron chi connectivity index (χ1n) is 7.66. The van der Waals surface area contributed by atoms with Crippen molar-refractivity contribution >= 4 is 17.2 Å². The van der Waals surface area contributed by atoms with Crippen LogP contribution in [0.5, 0.6) is 0 Å². The second-order valence-electron chi connectivity index (χ2n) is 6.08. The Kier molecular flexibility index (Phi) is 5.10. The van der Waals surface area contributed by atoms with E-state index in [0.29, 0.717) is 5.92 Å². The van der Waals surface area contributed by atoms with E-state index >= 15 is 0 Å². The highest BCUT2D eigenvalue weighted by Crippen LogP contribution is 2.39. The lowest BCUT2D eigenvalue weighted by molar-refractivity contribution is 0.347. The van der Waals surface area contributed by atoms with Gasteiger partial charge in [0.1, 0.15) is 0 Å². The summed E-state index contributed by atoms with van der Waals surface area (Å²) in [4.78, 5) is 0. The van der Waals surface area contributed by atoms with Gasteiger partial charge in [-0.2, -0.15) is 0 Å². The highest BCUT2D eigenvalue weighted by molar-refractivity contribution is 6.31. The van der Waals surface area contributed by atoms with E-state index in [0.717, 1.165) is 16.5 Å². The second-order valence-corrected chi connectivity index (χ2v) is 6.48. The van der Waals surface area contributed by atoms with Gasteiger partial charge in [-0.05, 0) is 66.9 Å². The van der Waals surface area contributed by atoms with E-state index in [-0.39, 0.29) is 0 Å². The minimum absolute atomic E-state index is 0.673. The van der Waals surface area contributed by atoms with Crippen LogP contribution in [-0.2, 0) is 0 Å². The summed E-state index contributed by atoms with van der Waals surface area (Å²) in [6.07, 6.45) is 9.27. The lowest BCUT2D eigenvalue weighted by Crippen LogP contribution is -2.12. The van der Waals surface area contributed by atoms with Gasteiger partial charge in [0.25, 0.3) is 0 Å². The van der Waals surface area contributed by atoms with Crippen LogP contribution in [0.2, 0.25) is 5.02 Å². The highest BCUT2D eigenvalue weighted by atomic mass is 35.5. The predicted molar refractivity (Wildman–Crippen MR) is 90.4 cm³/mol. The normalized spacial score (nSPS) is 23.7. The Labute approximate surface area is 128 Å². The molecule has 0 radical (unpaired) electrons. The number of rotatable bonds is 3. The van der Waals surface area contributed by atoms with Crippen molar-refractivity contribution in [3.05, 3.63) is 52.6 Å². The molecule has 20 heavy (non-hydrogen) atoms. The fourth-order valence-corrected chi connectivity index (χ4v) is 3.49. The molecule has 1 aromatic rings. The zero-order valence-corrected chi connectivity index (χ0v) is 13.6. The van der Waals surface area contributed by atoms with Gasteiger partial charge in [0.15, 0.2) is 0 Å². The Balaban J connectivity index is 2.39. The number of hydrogen-bond acceptors (Lipinski definition) is 0. The lowest BCUT2D eigenvalue weighted by Gasteiger charge is -2.28. The quantitative estimate of drug-likeness (QED) is 0.555. The van der Waals surface area contributed by atoms with Crippen molar-refractivity contribution in [3.63, 3.8) is 0 Å². The van der Waals surface area contributed by atoms with Crippen molar-refractivity contribution in [1.29, 1.82) is 0 Å². The molecule has 1 saturated carbocycles. The van der Waals surface area contributed by atoms with Gasteiger partial charge in [0.2, 0.25) is 0 Å². The molecular formula is C19H25Cl. The van der Waals surface area contributed by atoms with Gasteiger partial charge in [-0.1, -0.05) is 56.2 Å². The van der Waals surface area contributed by atoms with E-state index in [9.17, 15) is 0 Å². The van der Waals surface area contributed by atoms with Crippen molar-refractivity contribution in [2.24, 2.45) is 5.92 Å². The molecule has 0 atom stereocenters. The smallest absolute Gasteiger partial charge is 0.0444 e. The van der Waals surface area contributed by atoms with Crippen molar-refractivity contribution in [1.82, 2.24) is 0 Å². The number of hydrogen-bond donors (Lipinski definition) is 0. The van der Waals surface area contributed by atoms with Crippen LogP contribution in [0.4, 0.5) is 0 Å². The Morgan fingerprint density at radius 3 is 2.45 bits per heavy atom. The first-order chi connectivity index (χ1) is 9.56. The molecule has 0 bridgehead atoms. The minimum Gasteiger partial charge on any atom is -0.0985 e. The molecule has 0 amide bonds. The zero-order chi connectivity index (χ0) is 14.7. The van der Waals surface area contributed by atoms with E-state index < -0.39 is 0 Å². The third-order valence-corrected chi connectivity index (χ3v) is 5.10. The molecule has 0 unspecified atom stereocenters. The first-order valence-corrected chi connectivity index (χ1v) is 8.03. The highest BCUT2D eigenvalue weighted by Gasteiger charge is 2.22. The largest absolute Gasteiger partial charge is 0.0985 e. The number of allylic oxidation sites excluding steroid dienone is 3. The molecule has 108 valence electrons. The molecule has 0 heterocycles. The molecule has 0 aromatic heterocycles. The maximum Gasteiger partial charge on any atom is 0.0444 e. The van der Waals surface area contributed by atoms with Crippen LogP contribution in [-0.4, -0.2) is 0 Å². The average molecular weight is 289 g/mol. The zero-order valence-electron chi connectivity index (χ0n) is 12.9. The van der Waals surface area contributed by atoms with Crippen molar-refractivity contribution < 1.29 is 0 Å². The average Bonchev–Trinajstić information content (AvgIpc) is 2.45. The van der Waals surface area contributed by atoms with Gasteiger partial charge in [-0.3, -0.25) is 0 Å². The van der Waals surface area contributed by atoms with Crippen LogP contribution in [0.25, 0.3) is 5.57 Å². The summed E-state index contributed by atoms with van der Waals surface area (Å²) in [5.74, 6) is 1.55. The standard InChI is InChI=1S/C19H25Cl/c1-5-15(6-2)17-11-18(14(4)19(20)12-17)16-9-7-13(3)8-10-16/h5-6,11-13,16H,1,7-10H2,2-4H3/b15-6+. The summed E-state index contributed by atoms with van der Waals surface area (Å²) in [6.45, 7) is 10.5. The van der Waals surface area contributed by atoms with Crippen LogP contribution in [0.1, 0.15) is 62.1 Å². The number of benzene rings is 1. The topological polar surface area (TPSA) is 0 Å². The van der Waals surface area contributed by atoms with Gasteiger partial charge in [0, 0.05) is 5.02 Å². The van der Waals surface area contributed by atoms with E-state index in [1.807, 2.05) is 13.0 Å². The summed E-state index contributed by atoms with van der Waals surface area (Å²) in [7, 11) is 0. The lowest BCUT2D eigenvalue weighted by atomic mass is 9.77. The Hall–Kier alpha value is -1.01. The van der Waals surface area contributed by atoms with Crippen molar-refractivity contribution in [3.8, 4) is 0 Å². The van der Waals surface area contributed by atoms with Gasteiger partial charge < -0.3 is 0 Å². The van der Waals surface area contributed by atoms with Crippen LogP contribution in [0.3, 0.4) is 0 Å². The van der Waals surface area contributed by atoms with Gasteiger partial charge in [0.05, 0.1) is 0 Å². The molecular weight excluding hydrogens is 264 g/mol. The molecule has 1 aliphatic rings. The Morgan fingerprint density at radius 2 is 1.90 bits per heavy atom. The summed E-state index contributed by atoms with van der Waals surface area (Å²) >= 11 is 6.46. The Morgan fingerprint density at radius 1 is 1.25 bits per heavy atom. The molecule has 0 saturated heterocycles. The van der Waals surface area contributed by atoms with E-state index in [1.54, 1.807) is 0 Å². The van der Waals surface area contributed by atoms with Gasteiger partial charge >= 0.3 is 0 Å². The minimum atomic E-state index is 0.673. The maximum atomic E-state index is 6.46. The summed E-state index contributed by atoms with van der Waals surface area (Å²) in [5, 5.41) is 0.886. The molecule has 1 fully saturated rings. The molecule has 0 spiro atoms. The molecule has 0 aliphatic heterocycles. The van der Waals surface area contributed by atoms with E-state index in [2.05, 4.69) is 38.6 Å². The van der Waals surface area contributed by atoms with Crippen LogP contribution >= 0.6 is 11.6 Å². The van der Waals surface area contributed by atoms with Crippen LogP contribution < -0.4 is 0 Å². The molecule has 1 aliphatic carbocycles. The molecule has 0 nitrogen and oxygen atoms in total. The van der Waals surface area contributed by atoms with Gasteiger partial charge in [-0.25, -0.2) is 0 Å². The predicted octanol–water partition coefficient (Wildman–Crippen LogP) is 6.53. The fraction of sp³-hybridized carbons (Fsp3) is 0.474. The summed E-state index contributed by atoms with van der Waals surface area (Å²) in [5.41, 5.74) is 5.07. The summed E-state index contributed by atoms with van der Waals surface area (Å²) in [6, 6.07) is 4.40. The third kappa shape index (κ3) is 3.17. The van der Waals surface area contributed by atoms with E-state index in [1.165, 1.54) is 42.4 Å². The van der Waals surface area contributed by atoms with Gasteiger partial charge in [-0.15, -0.1) is 0 Å². The maximum absolute atomic E-state index is 6.46. The summed E-state index contributed by atoms with van der Waals surface area (Å²) < 4.78 is 0. The third-order valence-electron chi connectivity index (χ3n) is 4.70. The molecule has 1 aromatic carbocycles.